The summed E-state index contributed by atoms with van der Waals surface area (Å²) in [5.74, 6) is 0.478. The van der Waals surface area contributed by atoms with Gasteiger partial charge in [0.2, 0.25) is 6.41 Å². The van der Waals surface area contributed by atoms with Gasteiger partial charge in [-0.05, 0) is 41.0 Å². The number of hydrogen-bond donors (Lipinski definition) is 2. The van der Waals surface area contributed by atoms with E-state index in [4.69, 9.17) is 4.74 Å². The fourth-order valence-electron chi connectivity index (χ4n) is 4.37. The number of ether oxygens (including phenoxy) is 1. The summed E-state index contributed by atoms with van der Waals surface area (Å²) in [6.45, 7) is 0.657. The van der Waals surface area contributed by atoms with Gasteiger partial charge in [-0.15, -0.1) is 0 Å². The first-order valence-electron chi connectivity index (χ1n) is 11.1. The predicted octanol–water partition coefficient (Wildman–Crippen LogP) is 3.16. The van der Waals surface area contributed by atoms with Crippen molar-refractivity contribution in [2.24, 2.45) is 0 Å². The summed E-state index contributed by atoms with van der Waals surface area (Å²) < 4.78 is 7.06. The monoisotopic (exact) mass is 469 g/mol. The second-order valence-corrected chi connectivity index (χ2v) is 8.21. The molecule has 0 saturated carbocycles. The van der Waals surface area contributed by atoms with Gasteiger partial charge in [-0.25, -0.2) is 9.31 Å². The van der Waals surface area contributed by atoms with E-state index in [0.29, 0.717) is 24.3 Å². The van der Waals surface area contributed by atoms with E-state index in [9.17, 15) is 14.4 Å². The topological polar surface area (TPSA) is 105 Å². The van der Waals surface area contributed by atoms with Crippen LogP contribution in [0.4, 0.5) is 4.79 Å². The van der Waals surface area contributed by atoms with E-state index >= 15 is 0 Å². The minimum absolute atomic E-state index is 0.135. The van der Waals surface area contributed by atoms with Crippen molar-refractivity contribution in [3.8, 4) is 16.9 Å². The van der Waals surface area contributed by atoms with Crippen LogP contribution in [-0.4, -0.2) is 46.5 Å². The lowest BCUT2D eigenvalue weighted by Gasteiger charge is -2.25. The lowest BCUT2D eigenvalue weighted by molar-refractivity contribution is -0.108. The standard InChI is InChI=1S/C26H23N5O4/c1-35-20-10-9-19-14-30(25(33)21(19)12-20)15-23(29-26(34)27-16-32)18-7-5-17(6-8-18)22-13-28-31-11-3-2-4-24(22)31/h2-13,16,23H,14-15H2,1H3,(H2,27,29,32,34)/t23-/m0/s1. The van der Waals surface area contributed by atoms with Gasteiger partial charge in [-0.3, -0.25) is 14.9 Å². The zero-order valence-electron chi connectivity index (χ0n) is 19.0. The lowest BCUT2D eigenvalue weighted by atomic mass is 10.0. The molecule has 0 radical (unpaired) electrons. The van der Waals surface area contributed by atoms with E-state index in [2.05, 4.69) is 15.7 Å². The summed E-state index contributed by atoms with van der Waals surface area (Å²) in [6, 6.07) is 17.8. The van der Waals surface area contributed by atoms with Crippen LogP contribution in [0.15, 0.2) is 73.1 Å². The average molecular weight is 470 g/mol. The smallest absolute Gasteiger partial charge is 0.321 e. The van der Waals surface area contributed by atoms with E-state index in [1.54, 1.807) is 18.1 Å². The van der Waals surface area contributed by atoms with E-state index < -0.39 is 12.1 Å². The summed E-state index contributed by atoms with van der Waals surface area (Å²) in [6.07, 6.45) is 4.02. The maximum atomic E-state index is 13.1. The van der Waals surface area contributed by atoms with E-state index in [0.717, 1.165) is 27.8 Å². The SMILES string of the molecule is COc1ccc2c(c1)C(=O)N(C[C@H](NC(=O)NC=O)c1ccc(-c3cnn4ccccc34)cc1)C2. The summed E-state index contributed by atoms with van der Waals surface area (Å²) in [5.41, 5.74) is 5.23. The molecule has 2 N–H and O–H groups in total. The number of urea groups is 1. The summed E-state index contributed by atoms with van der Waals surface area (Å²) in [7, 11) is 1.56. The molecule has 0 unspecified atom stereocenters. The minimum Gasteiger partial charge on any atom is -0.497 e. The van der Waals surface area contributed by atoms with Crippen LogP contribution >= 0.6 is 0 Å². The molecule has 9 nitrogen and oxygen atoms in total. The first kappa shape index (κ1) is 22.1. The molecule has 1 atom stereocenters. The Kier molecular flexibility index (Phi) is 5.88. The molecule has 0 saturated heterocycles. The molecular formula is C26H23N5O4. The van der Waals surface area contributed by atoms with E-state index in [-0.39, 0.29) is 12.5 Å². The number of aromatic nitrogens is 2. The Morgan fingerprint density at radius 1 is 1.14 bits per heavy atom. The third-order valence-electron chi connectivity index (χ3n) is 6.14. The summed E-state index contributed by atoms with van der Waals surface area (Å²) in [4.78, 5) is 37.7. The second-order valence-electron chi connectivity index (χ2n) is 8.21. The molecule has 0 bridgehead atoms. The molecule has 1 aliphatic rings. The van der Waals surface area contributed by atoms with Gasteiger partial charge in [0.05, 0.1) is 24.9 Å². The van der Waals surface area contributed by atoms with Crippen LogP contribution in [0.1, 0.15) is 27.5 Å². The number of carbonyl (C=O) groups excluding carboxylic acids is 3. The Bertz CT molecular complexity index is 1410. The number of rotatable bonds is 7. The largest absolute Gasteiger partial charge is 0.497 e. The van der Waals surface area contributed by atoms with Crippen LogP contribution < -0.4 is 15.4 Å². The molecule has 4 amide bonds. The van der Waals surface area contributed by atoms with Crippen LogP contribution in [0.5, 0.6) is 5.75 Å². The number of imide groups is 1. The van der Waals surface area contributed by atoms with Gasteiger partial charge in [-0.1, -0.05) is 36.4 Å². The highest BCUT2D eigenvalue weighted by Crippen LogP contribution is 2.30. The quantitative estimate of drug-likeness (QED) is 0.405. The summed E-state index contributed by atoms with van der Waals surface area (Å²) in [5, 5.41) is 9.29. The van der Waals surface area contributed by atoms with Crippen LogP contribution in [0.3, 0.4) is 0 Å². The molecule has 2 aromatic heterocycles. The Morgan fingerprint density at radius 3 is 2.74 bits per heavy atom. The predicted molar refractivity (Wildman–Crippen MR) is 129 cm³/mol. The maximum Gasteiger partial charge on any atom is 0.321 e. The molecule has 9 heteroatoms. The Morgan fingerprint density at radius 2 is 1.97 bits per heavy atom. The molecular weight excluding hydrogens is 446 g/mol. The highest BCUT2D eigenvalue weighted by atomic mass is 16.5. The van der Waals surface area contributed by atoms with Crippen molar-refractivity contribution >= 4 is 23.9 Å². The van der Waals surface area contributed by atoms with Crippen molar-refractivity contribution in [2.75, 3.05) is 13.7 Å². The zero-order valence-corrected chi connectivity index (χ0v) is 19.0. The van der Waals surface area contributed by atoms with Gasteiger partial charge in [0, 0.05) is 30.4 Å². The molecule has 35 heavy (non-hydrogen) atoms. The number of nitrogens with zero attached hydrogens (tertiary/aromatic N) is 3. The van der Waals surface area contributed by atoms with Gasteiger partial charge in [-0.2, -0.15) is 5.10 Å². The van der Waals surface area contributed by atoms with Gasteiger partial charge >= 0.3 is 6.03 Å². The number of hydrogen-bond acceptors (Lipinski definition) is 5. The molecule has 3 heterocycles. The number of benzene rings is 2. The molecule has 1 aliphatic heterocycles. The lowest BCUT2D eigenvalue weighted by Crippen LogP contribution is -2.42. The number of fused-ring (bicyclic) bond motifs is 2. The fourth-order valence-corrected chi connectivity index (χ4v) is 4.37. The van der Waals surface area contributed by atoms with Crippen molar-refractivity contribution in [1.82, 2.24) is 25.1 Å². The van der Waals surface area contributed by atoms with Gasteiger partial charge in [0.25, 0.3) is 5.91 Å². The first-order chi connectivity index (χ1) is 17.1. The zero-order chi connectivity index (χ0) is 24.4. The number of pyridine rings is 1. The highest BCUT2D eigenvalue weighted by Gasteiger charge is 2.30. The molecule has 2 aromatic carbocycles. The van der Waals surface area contributed by atoms with Gasteiger partial charge < -0.3 is 15.0 Å². The Labute approximate surface area is 201 Å². The van der Waals surface area contributed by atoms with Gasteiger partial charge in [0.1, 0.15) is 5.75 Å². The minimum atomic E-state index is -0.637. The van der Waals surface area contributed by atoms with Crippen molar-refractivity contribution in [1.29, 1.82) is 0 Å². The van der Waals surface area contributed by atoms with Crippen LogP contribution in [0.2, 0.25) is 0 Å². The Hall–Kier alpha value is -4.66. The molecule has 5 rings (SSSR count). The molecule has 4 aromatic rings. The number of carbonyl (C=O) groups is 3. The highest BCUT2D eigenvalue weighted by molar-refractivity contribution is 5.98. The van der Waals surface area contributed by atoms with Crippen molar-refractivity contribution in [3.63, 3.8) is 0 Å². The average Bonchev–Trinajstić information content (AvgIpc) is 3.45. The van der Waals surface area contributed by atoms with E-state index in [1.165, 1.54) is 0 Å². The van der Waals surface area contributed by atoms with Crippen molar-refractivity contribution in [3.05, 3.63) is 89.7 Å². The summed E-state index contributed by atoms with van der Waals surface area (Å²) >= 11 is 0. The molecule has 0 aliphatic carbocycles. The number of nitrogens with one attached hydrogen (secondary N) is 2. The molecule has 0 fully saturated rings. The maximum absolute atomic E-state index is 13.1. The van der Waals surface area contributed by atoms with Crippen LogP contribution in [0, 0.1) is 0 Å². The normalized spacial score (nSPS) is 13.4. The first-order valence-corrected chi connectivity index (χ1v) is 11.1. The fraction of sp³-hybridized carbons (Fsp3) is 0.154. The van der Waals surface area contributed by atoms with Gasteiger partial charge in [0.15, 0.2) is 0 Å². The third kappa shape index (κ3) is 4.31. The van der Waals surface area contributed by atoms with Crippen LogP contribution in [0.25, 0.3) is 16.6 Å². The van der Waals surface area contributed by atoms with Crippen molar-refractivity contribution < 1.29 is 19.1 Å². The second kappa shape index (κ2) is 9.30. The molecule has 176 valence electrons. The van der Waals surface area contributed by atoms with Crippen LogP contribution in [-0.2, 0) is 11.3 Å². The van der Waals surface area contributed by atoms with E-state index in [1.807, 2.05) is 71.5 Å². The number of amides is 4. The number of methoxy groups -OCH3 is 1. The Balaban J connectivity index is 1.40. The third-order valence-corrected chi connectivity index (χ3v) is 6.14. The molecule has 0 spiro atoms. The van der Waals surface area contributed by atoms with Crippen molar-refractivity contribution in [2.45, 2.75) is 12.6 Å².